The Morgan fingerprint density at radius 1 is 0.655 bits per heavy atom. The van der Waals surface area contributed by atoms with E-state index in [1.165, 1.54) is 30.5 Å². The summed E-state index contributed by atoms with van der Waals surface area (Å²) < 4.78 is 54.8. The Hall–Kier alpha value is -5.14. The van der Waals surface area contributed by atoms with Gasteiger partial charge in [0.2, 0.25) is 5.91 Å². The van der Waals surface area contributed by atoms with E-state index in [9.17, 15) is 27.6 Å². The van der Waals surface area contributed by atoms with Crippen LogP contribution in [0, 0.1) is 0 Å². The number of aliphatic carboxylic acids is 2. The molecular weight excluding hydrogens is 740 g/mol. The van der Waals surface area contributed by atoms with Crippen molar-refractivity contribution in [3.8, 4) is 5.75 Å². The molecule has 3 aromatic rings. The molecule has 0 unspecified atom stereocenters. The molecule has 0 saturated heterocycles. The lowest BCUT2D eigenvalue weighted by molar-refractivity contribution is -0.143. The number of carboxylic acids is 2. The Balaban J connectivity index is 1.26. The smallest absolute Gasteiger partial charge is 0.329 e. The molecule has 0 fully saturated rings. The summed E-state index contributed by atoms with van der Waals surface area (Å²) in [5.74, 6) is -1.87. The van der Waals surface area contributed by atoms with Crippen LogP contribution in [-0.2, 0) is 56.4 Å². The lowest BCUT2D eigenvalue weighted by atomic mass is 10.1. The average Bonchev–Trinajstić information content (AvgIpc) is 3.16. The molecule has 3 rings (SSSR count). The summed E-state index contributed by atoms with van der Waals surface area (Å²) in [4.78, 5) is 49.2. The standard InChI is InChI=1S/C37H48N4O13S/c42-34(38-16-18-50-21-23-53-27-36(45)46)26-52-22-20-51-19-17-39-37(47)30-10-15-33(40-24-30)41-55(48,49)32-13-8-29(9-14-32)25-54-31-11-6-28(7-12-31)4-2-1-3-5-35(43)44/h6-15,24H,1-5,16-23,25-27H2,(H,38,42)(H,39,47)(H,40,41)(H,43,44)(H,45,46). The Labute approximate surface area is 319 Å². The number of aromatic nitrogens is 1. The Bertz CT molecular complexity index is 1720. The fraction of sp³-hybridized carbons (Fsp3) is 0.432. The van der Waals surface area contributed by atoms with Crippen LogP contribution in [0.5, 0.6) is 5.75 Å². The number of anilines is 1. The molecule has 2 amide bonds. The first-order chi connectivity index (χ1) is 26.5. The molecule has 0 aliphatic heterocycles. The summed E-state index contributed by atoms with van der Waals surface area (Å²) in [5, 5.41) is 22.5. The van der Waals surface area contributed by atoms with Gasteiger partial charge >= 0.3 is 11.9 Å². The number of nitrogens with one attached hydrogen (secondary N) is 3. The molecule has 1 aromatic heterocycles. The van der Waals surface area contributed by atoms with E-state index in [2.05, 4.69) is 20.3 Å². The van der Waals surface area contributed by atoms with Crippen LogP contribution in [-0.4, -0.2) is 113 Å². The van der Waals surface area contributed by atoms with Crippen molar-refractivity contribution in [2.45, 2.75) is 43.6 Å². The number of hydrogen-bond acceptors (Lipinski definition) is 12. The van der Waals surface area contributed by atoms with Crippen molar-refractivity contribution in [2.24, 2.45) is 0 Å². The minimum absolute atomic E-state index is 0.0299. The van der Waals surface area contributed by atoms with Gasteiger partial charge in [0.1, 0.15) is 31.4 Å². The largest absolute Gasteiger partial charge is 0.489 e. The van der Waals surface area contributed by atoms with E-state index in [0.717, 1.165) is 30.4 Å². The van der Waals surface area contributed by atoms with Crippen LogP contribution >= 0.6 is 0 Å². The Kier molecular flexibility index (Phi) is 20.1. The zero-order valence-corrected chi connectivity index (χ0v) is 31.2. The van der Waals surface area contributed by atoms with Gasteiger partial charge in [0.05, 0.1) is 50.1 Å². The number of carbonyl (C=O) groups is 4. The highest BCUT2D eigenvalue weighted by Crippen LogP contribution is 2.19. The number of aryl methyl sites for hydroxylation is 1. The molecule has 0 saturated carbocycles. The van der Waals surface area contributed by atoms with Gasteiger partial charge in [0.15, 0.2) is 0 Å². The third-order valence-electron chi connectivity index (χ3n) is 7.49. The summed E-state index contributed by atoms with van der Waals surface area (Å²) >= 11 is 0. The molecule has 0 aliphatic rings. The van der Waals surface area contributed by atoms with Gasteiger partial charge in [-0.3, -0.25) is 19.1 Å². The predicted molar refractivity (Wildman–Crippen MR) is 198 cm³/mol. The fourth-order valence-corrected chi connectivity index (χ4v) is 5.68. The van der Waals surface area contributed by atoms with E-state index >= 15 is 0 Å². The molecule has 300 valence electrons. The van der Waals surface area contributed by atoms with Crippen molar-refractivity contribution in [2.75, 3.05) is 70.7 Å². The number of unbranched alkanes of at least 4 members (excludes halogenated alkanes) is 2. The number of rotatable bonds is 29. The number of sulfonamides is 1. The monoisotopic (exact) mass is 788 g/mol. The van der Waals surface area contributed by atoms with Gasteiger partial charge in [-0.15, -0.1) is 0 Å². The molecule has 2 aromatic carbocycles. The van der Waals surface area contributed by atoms with Crippen molar-refractivity contribution in [3.05, 3.63) is 83.6 Å². The molecule has 0 aliphatic carbocycles. The van der Waals surface area contributed by atoms with Gasteiger partial charge in [-0.05, 0) is 66.8 Å². The van der Waals surface area contributed by atoms with Crippen molar-refractivity contribution >= 4 is 39.6 Å². The second-order valence-electron chi connectivity index (χ2n) is 11.9. The zero-order valence-electron chi connectivity index (χ0n) is 30.4. The SMILES string of the molecule is O=C(O)CCCCCc1ccc(OCc2ccc(S(=O)(=O)Nc3ccc(C(=O)NCCOCCOCC(=O)NCCOCCOCC(=O)O)cn3)cc2)cc1. The maximum absolute atomic E-state index is 12.9. The highest BCUT2D eigenvalue weighted by atomic mass is 32.2. The summed E-state index contributed by atoms with van der Waals surface area (Å²) in [6.07, 6.45) is 4.75. The third kappa shape index (κ3) is 19.1. The number of carbonyl (C=O) groups excluding carboxylic acids is 2. The minimum atomic E-state index is -3.95. The van der Waals surface area contributed by atoms with Crippen molar-refractivity contribution in [3.63, 3.8) is 0 Å². The second-order valence-corrected chi connectivity index (χ2v) is 13.6. The highest BCUT2D eigenvalue weighted by molar-refractivity contribution is 7.92. The van der Waals surface area contributed by atoms with E-state index < -0.39 is 34.5 Å². The number of pyridine rings is 1. The van der Waals surface area contributed by atoms with E-state index in [1.807, 2.05) is 24.3 Å². The Morgan fingerprint density at radius 3 is 1.93 bits per heavy atom. The number of nitrogens with zero attached hydrogens (tertiary/aromatic N) is 1. The van der Waals surface area contributed by atoms with Gasteiger partial charge in [-0.1, -0.05) is 30.7 Å². The van der Waals surface area contributed by atoms with Gasteiger partial charge in [0, 0.05) is 25.7 Å². The molecule has 0 bridgehead atoms. The van der Waals surface area contributed by atoms with Crippen LogP contribution in [0.2, 0.25) is 0 Å². The Morgan fingerprint density at radius 2 is 1.29 bits per heavy atom. The second kappa shape index (κ2) is 25.0. The van der Waals surface area contributed by atoms with Gasteiger partial charge in [0.25, 0.3) is 15.9 Å². The molecule has 0 atom stereocenters. The summed E-state index contributed by atoms with van der Waals surface area (Å²) in [5.41, 5.74) is 2.14. The topological polar surface area (TPSA) is 238 Å². The molecule has 55 heavy (non-hydrogen) atoms. The van der Waals surface area contributed by atoms with Gasteiger partial charge in [-0.25, -0.2) is 18.2 Å². The van der Waals surface area contributed by atoms with Crippen LogP contribution in [0.25, 0.3) is 0 Å². The molecule has 17 nitrogen and oxygen atoms in total. The van der Waals surface area contributed by atoms with Gasteiger partial charge < -0.3 is 44.5 Å². The van der Waals surface area contributed by atoms with E-state index in [4.69, 9.17) is 33.9 Å². The fourth-order valence-electron chi connectivity index (χ4n) is 4.67. The zero-order chi connectivity index (χ0) is 39.7. The van der Waals surface area contributed by atoms with Crippen molar-refractivity contribution in [1.29, 1.82) is 0 Å². The first-order valence-corrected chi connectivity index (χ1v) is 19.1. The quantitative estimate of drug-likeness (QED) is 0.0636. The molecule has 5 N–H and O–H groups in total. The average molecular weight is 789 g/mol. The molecular formula is C37H48N4O13S. The molecule has 0 radical (unpaired) electrons. The molecule has 18 heteroatoms. The van der Waals surface area contributed by atoms with Crippen LogP contribution in [0.3, 0.4) is 0 Å². The summed E-state index contributed by atoms with van der Waals surface area (Å²) in [7, 11) is -3.95. The number of carboxylic acid groups (broad SMARTS) is 2. The number of benzene rings is 2. The summed E-state index contributed by atoms with van der Waals surface area (Å²) in [6.45, 7) is 1.29. The van der Waals surface area contributed by atoms with Crippen LogP contribution < -0.4 is 20.1 Å². The van der Waals surface area contributed by atoms with Crippen molar-refractivity contribution < 1.29 is 61.5 Å². The highest BCUT2D eigenvalue weighted by Gasteiger charge is 2.16. The van der Waals surface area contributed by atoms with E-state index in [1.54, 1.807) is 12.1 Å². The van der Waals surface area contributed by atoms with Crippen LogP contribution in [0.15, 0.2) is 71.8 Å². The minimum Gasteiger partial charge on any atom is -0.489 e. The number of ether oxygens (including phenoxy) is 5. The van der Waals surface area contributed by atoms with Gasteiger partial charge in [-0.2, -0.15) is 0 Å². The van der Waals surface area contributed by atoms with Crippen molar-refractivity contribution in [1.82, 2.24) is 15.6 Å². The number of hydrogen-bond donors (Lipinski definition) is 5. The first-order valence-electron chi connectivity index (χ1n) is 17.6. The van der Waals surface area contributed by atoms with Crippen LogP contribution in [0.4, 0.5) is 5.82 Å². The lowest BCUT2D eigenvalue weighted by Gasteiger charge is -2.10. The predicted octanol–water partition coefficient (Wildman–Crippen LogP) is 2.65. The summed E-state index contributed by atoms with van der Waals surface area (Å²) in [6, 6.07) is 16.8. The maximum Gasteiger partial charge on any atom is 0.329 e. The van der Waals surface area contributed by atoms with E-state index in [-0.39, 0.29) is 94.5 Å². The molecule has 0 spiro atoms. The van der Waals surface area contributed by atoms with Crippen LogP contribution in [0.1, 0.15) is 47.2 Å². The third-order valence-corrected chi connectivity index (χ3v) is 8.86. The normalized spacial score (nSPS) is 11.1. The molecule has 1 heterocycles. The first kappa shape index (κ1) is 44.3. The van der Waals surface area contributed by atoms with E-state index in [0.29, 0.717) is 12.2 Å². The number of amides is 2. The lowest BCUT2D eigenvalue weighted by Crippen LogP contribution is -2.31. The maximum atomic E-state index is 12.9.